The lowest BCUT2D eigenvalue weighted by atomic mass is 9.52. The number of hydrogen-bond donors (Lipinski definition) is 0. The lowest BCUT2D eigenvalue weighted by Crippen LogP contribution is -2.70. The van der Waals surface area contributed by atoms with Gasteiger partial charge in [-0.05, 0) is 102 Å². The molecule has 4 saturated heterocycles. The number of halogens is 12. The van der Waals surface area contributed by atoms with Crippen LogP contribution >= 0.6 is 0 Å². The summed E-state index contributed by atoms with van der Waals surface area (Å²) in [6.07, 6.45) is -24.0. The highest BCUT2D eigenvalue weighted by Gasteiger charge is 2.83. The predicted octanol–water partition coefficient (Wildman–Crippen LogP) is 10.9. The van der Waals surface area contributed by atoms with Crippen molar-refractivity contribution < 1.29 is 71.6 Å². The van der Waals surface area contributed by atoms with Crippen molar-refractivity contribution in [2.75, 3.05) is 0 Å². The third kappa shape index (κ3) is 6.61. The van der Waals surface area contributed by atoms with Crippen LogP contribution in [0.3, 0.4) is 0 Å². The average Bonchev–Trinajstić information content (AvgIpc) is 3.37. The summed E-state index contributed by atoms with van der Waals surface area (Å²) in [6.45, 7) is 13.6. The molecule has 0 N–H and O–H groups in total. The van der Waals surface area contributed by atoms with E-state index in [1.807, 2.05) is 13.8 Å². The third-order valence-electron chi connectivity index (χ3n) is 14.2. The Morgan fingerprint density at radius 3 is 1.76 bits per heavy atom. The highest BCUT2D eigenvalue weighted by molar-refractivity contribution is 5.18. The molecule has 4 heterocycles. The molecule has 17 heteroatoms. The monoisotopic (exact) mass is 799 g/mol. The second kappa shape index (κ2) is 13.9. The number of nitriles is 1. The fourth-order valence-electron chi connectivity index (χ4n) is 11.6. The molecule has 4 aliphatic heterocycles. The molecule has 0 amide bonds. The van der Waals surface area contributed by atoms with Crippen molar-refractivity contribution in [3.63, 3.8) is 0 Å². The average molecular weight is 800 g/mol. The molecule has 8 bridgehead atoms. The first-order valence-electron chi connectivity index (χ1n) is 18.6. The van der Waals surface area contributed by atoms with Crippen molar-refractivity contribution in [1.29, 1.82) is 5.26 Å². The Morgan fingerprint density at radius 2 is 1.28 bits per heavy atom. The molecular weight excluding hydrogens is 750 g/mol. The number of fused-ring (bicyclic) bond motifs is 2. The summed E-state index contributed by atoms with van der Waals surface area (Å²) >= 11 is 0. The quantitative estimate of drug-likeness (QED) is 0.190. The van der Waals surface area contributed by atoms with Crippen LogP contribution in [0.1, 0.15) is 92.9 Å². The van der Waals surface area contributed by atoms with Gasteiger partial charge < -0.3 is 18.9 Å². The summed E-state index contributed by atoms with van der Waals surface area (Å²) < 4.78 is 189. The van der Waals surface area contributed by atoms with E-state index in [-0.39, 0.29) is 74.5 Å². The van der Waals surface area contributed by atoms with Gasteiger partial charge in [-0.1, -0.05) is 27.4 Å². The first-order chi connectivity index (χ1) is 24.6. The zero-order valence-electron chi connectivity index (χ0n) is 31.0. The lowest BCUT2D eigenvalue weighted by Gasteiger charge is -2.58. The molecule has 14 atom stereocenters. The van der Waals surface area contributed by atoms with Crippen LogP contribution in [-0.2, 0) is 18.9 Å². The SMILES string of the molecule is C=COC1C2CC3CC(CC1C(C(F)(F)F)(C(F)(F)F)O3)C2C.CCC(C)(CC(C)C#N)OC1(C)C2CC3CC(CC1C(C(F)(F)F)(C(F)(F)F)O3)C2C. The molecule has 54 heavy (non-hydrogen) atoms. The van der Waals surface area contributed by atoms with Gasteiger partial charge in [0.2, 0.25) is 0 Å². The van der Waals surface area contributed by atoms with Gasteiger partial charge in [0.15, 0.2) is 0 Å². The topological polar surface area (TPSA) is 60.7 Å². The zero-order valence-corrected chi connectivity index (χ0v) is 31.0. The minimum Gasteiger partial charge on any atom is -0.498 e. The number of hydrogen-bond acceptors (Lipinski definition) is 5. The van der Waals surface area contributed by atoms with Crippen LogP contribution in [0.5, 0.6) is 0 Å². The van der Waals surface area contributed by atoms with E-state index in [4.69, 9.17) is 18.9 Å². The molecule has 5 nitrogen and oxygen atoms in total. The second-order valence-corrected chi connectivity index (χ2v) is 17.1. The van der Waals surface area contributed by atoms with E-state index in [0.717, 1.165) is 6.26 Å². The molecule has 14 unspecified atom stereocenters. The molecule has 8 fully saturated rings. The van der Waals surface area contributed by atoms with Gasteiger partial charge in [0.25, 0.3) is 11.2 Å². The van der Waals surface area contributed by atoms with E-state index in [1.165, 1.54) is 6.92 Å². The maximum atomic E-state index is 14.3. The minimum absolute atomic E-state index is 0.00770. The lowest BCUT2D eigenvalue weighted by molar-refractivity contribution is -0.415. The van der Waals surface area contributed by atoms with Gasteiger partial charge in [-0.2, -0.15) is 57.9 Å². The smallest absolute Gasteiger partial charge is 0.426 e. The minimum atomic E-state index is -5.63. The Kier molecular flexibility index (Phi) is 11.1. The van der Waals surface area contributed by atoms with Crippen molar-refractivity contribution in [2.24, 2.45) is 53.3 Å². The van der Waals surface area contributed by atoms with Crippen LogP contribution in [0.25, 0.3) is 0 Å². The predicted molar refractivity (Wildman–Crippen MR) is 169 cm³/mol. The van der Waals surface area contributed by atoms with Gasteiger partial charge in [-0.3, -0.25) is 0 Å². The van der Waals surface area contributed by atoms with E-state index >= 15 is 0 Å². The Bertz CT molecular complexity index is 1400. The van der Waals surface area contributed by atoms with E-state index in [0.29, 0.717) is 6.42 Å². The number of nitrogens with zero attached hydrogens (tertiary/aromatic N) is 1. The molecule has 8 aliphatic rings. The largest absolute Gasteiger partial charge is 0.498 e. The van der Waals surface area contributed by atoms with E-state index in [9.17, 15) is 57.9 Å². The normalized spacial score (nSPS) is 41.1. The molecule has 0 radical (unpaired) electrons. The summed E-state index contributed by atoms with van der Waals surface area (Å²) in [6, 6.07) is 2.09. The number of rotatable bonds is 7. The maximum absolute atomic E-state index is 14.3. The van der Waals surface area contributed by atoms with Gasteiger partial charge in [-0.25, -0.2) is 0 Å². The van der Waals surface area contributed by atoms with E-state index in [1.54, 1.807) is 20.8 Å². The van der Waals surface area contributed by atoms with Crippen molar-refractivity contribution in [2.45, 2.75) is 158 Å². The molecule has 0 aromatic carbocycles. The van der Waals surface area contributed by atoms with Crippen LogP contribution in [-0.4, -0.2) is 65.4 Å². The summed E-state index contributed by atoms with van der Waals surface area (Å²) in [7, 11) is 0. The molecule has 0 aromatic rings. The summed E-state index contributed by atoms with van der Waals surface area (Å²) in [4.78, 5) is 0. The Balaban J connectivity index is 0.000000217. The van der Waals surface area contributed by atoms with Crippen LogP contribution < -0.4 is 0 Å². The van der Waals surface area contributed by atoms with Crippen molar-refractivity contribution >= 4 is 0 Å². The summed E-state index contributed by atoms with van der Waals surface area (Å²) in [5, 5.41) is 9.23. The van der Waals surface area contributed by atoms with Gasteiger partial charge >= 0.3 is 24.7 Å². The molecule has 4 aliphatic carbocycles. The van der Waals surface area contributed by atoms with Crippen molar-refractivity contribution in [1.82, 2.24) is 0 Å². The van der Waals surface area contributed by atoms with E-state index < -0.39 is 89.1 Å². The molecule has 0 aromatic heterocycles. The van der Waals surface area contributed by atoms with Crippen LogP contribution in [0, 0.1) is 64.6 Å². The van der Waals surface area contributed by atoms with Gasteiger partial charge in [-0.15, -0.1) is 0 Å². The third-order valence-corrected chi connectivity index (χ3v) is 14.2. The second-order valence-electron chi connectivity index (χ2n) is 17.1. The van der Waals surface area contributed by atoms with Gasteiger partial charge in [0, 0.05) is 23.7 Å². The van der Waals surface area contributed by atoms with Crippen LogP contribution in [0.4, 0.5) is 52.7 Å². The van der Waals surface area contributed by atoms with Crippen molar-refractivity contribution in [3.8, 4) is 6.07 Å². The zero-order chi connectivity index (χ0) is 40.8. The molecule has 8 rings (SSSR count). The van der Waals surface area contributed by atoms with Crippen LogP contribution in [0.15, 0.2) is 12.8 Å². The molecule has 310 valence electrons. The highest BCUT2D eigenvalue weighted by Crippen LogP contribution is 2.68. The summed E-state index contributed by atoms with van der Waals surface area (Å²) in [5.41, 5.74) is -11.2. The fraction of sp³-hybridized carbons (Fsp3) is 0.919. The molecule has 0 spiro atoms. The Labute approximate surface area is 307 Å². The Hall–Kier alpha value is -1.93. The van der Waals surface area contributed by atoms with Gasteiger partial charge in [0.05, 0.1) is 35.7 Å². The first kappa shape index (κ1) is 43.2. The first-order valence-corrected chi connectivity index (χ1v) is 18.6. The molecular formula is C37H49F12NO4. The maximum Gasteiger partial charge on any atom is 0.426 e. The van der Waals surface area contributed by atoms with E-state index in [2.05, 4.69) is 12.6 Å². The Morgan fingerprint density at radius 1 is 0.778 bits per heavy atom. The fourth-order valence-corrected chi connectivity index (χ4v) is 11.6. The number of alkyl halides is 12. The number of ether oxygens (including phenoxy) is 4. The molecule has 4 saturated carbocycles. The summed E-state index contributed by atoms with van der Waals surface area (Å²) in [5.74, 6) is -5.60. The van der Waals surface area contributed by atoms with Crippen LogP contribution in [0.2, 0.25) is 0 Å². The highest BCUT2D eigenvalue weighted by atomic mass is 19.4. The van der Waals surface area contributed by atoms with Crippen molar-refractivity contribution in [3.05, 3.63) is 12.8 Å². The standard InChI is InChI=1S/C22H31F6NO2.C15H18F6O2/c1-6-18(4,10-12(2)11-29)31-19(5)16-9-15-7-14(13(16)3)8-17(19)20(30-15,21(23,24)25)22(26,27)28;1-3-22-12-10-6-9-4-8(7(10)2)5-11(12)13(23-9,14(16,17)18)15(19,20)21/h12-17H,6-10H2,1-5H3;3,7-12H,1,4-6H2,2H3. The van der Waals surface area contributed by atoms with Gasteiger partial charge in [0.1, 0.15) is 6.10 Å².